The van der Waals surface area contributed by atoms with Crippen LogP contribution in [0.1, 0.15) is 15.9 Å². The lowest BCUT2D eigenvalue weighted by Crippen LogP contribution is -2.40. The van der Waals surface area contributed by atoms with E-state index in [-0.39, 0.29) is 43.2 Å². The Morgan fingerprint density at radius 1 is 1.23 bits per heavy atom. The van der Waals surface area contributed by atoms with Crippen LogP contribution < -0.4 is 15.6 Å². The van der Waals surface area contributed by atoms with Crippen molar-refractivity contribution in [3.05, 3.63) is 51.6 Å². The van der Waals surface area contributed by atoms with Crippen LogP contribution in [0.15, 0.2) is 29.1 Å². The first kappa shape index (κ1) is 21.6. The van der Waals surface area contributed by atoms with Gasteiger partial charge in [0.15, 0.2) is 0 Å². The number of hydroxylamine groups is 2. The molecule has 1 amide bonds. The van der Waals surface area contributed by atoms with Gasteiger partial charge in [-0.2, -0.15) is 0 Å². The molecule has 0 saturated heterocycles. The van der Waals surface area contributed by atoms with Gasteiger partial charge in [-0.3, -0.25) is 19.0 Å². The lowest BCUT2D eigenvalue weighted by molar-refractivity contribution is -0.274. The van der Waals surface area contributed by atoms with Gasteiger partial charge in [0, 0.05) is 19.2 Å². The highest BCUT2D eigenvalue weighted by atomic mass is 19.4. The molecule has 12 heteroatoms. The number of rotatable bonds is 6. The summed E-state index contributed by atoms with van der Waals surface area (Å²) in [4.78, 5) is 30.3. The van der Waals surface area contributed by atoms with Crippen molar-refractivity contribution in [3.63, 3.8) is 0 Å². The number of hydrogen-bond donors (Lipinski definition) is 2. The van der Waals surface area contributed by atoms with Crippen LogP contribution >= 0.6 is 0 Å². The largest absolute Gasteiger partial charge is 0.573 e. The Balaban J connectivity index is 1.98. The minimum Gasteiger partial charge on any atom is -0.406 e. The van der Waals surface area contributed by atoms with Gasteiger partial charge in [-0.15, -0.1) is 13.2 Å². The number of ether oxygens (including phenoxy) is 1. The van der Waals surface area contributed by atoms with Gasteiger partial charge in [-0.1, -0.05) is 0 Å². The van der Waals surface area contributed by atoms with Gasteiger partial charge in [-0.25, -0.2) is 9.45 Å². The molecule has 3 rings (SSSR count). The topological polar surface area (TPSA) is 93.0 Å². The third kappa shape index (κ3) is 4.54. The second-order valence-electron chi connectivity index (χ2n) is 6.32. The van der Waals surface area contributed by atoms with E-state index in [9.17, 15) is 27.2 Å². The smallest absolute Gasteiger partial charge is 0.406 e. The van der Waals surface area contributed by atoms with Crippen LogP contribution in [0, 0.1) is 5.82 Å². The van der Waals surface area contributed by atoms with E-state index in [1.807, 2.05) is 0 Å². The van der Waals surface area contributed by atoms with Crippen LogP contribution in [-0.4, -0.2) is 46.8 Å². The monoisotopic (exact) mass is 431 g/mol. The predicted octanol–water partition coefficient (Wildman–Crippen LogP) is 2.09. The fourth-order valence-corrected chi connectivity index (χ4v) is 2.97. The zero-order valence-corrected chi connectivity index (χ0v) is 15.6. The second-order valence-corrected chi connectivity index (χ2v) is 6.32. The van der Waals surface area contributed by atoms with Crippen molar-refractivity contribution in [1.29, 1.82) is 0 Å². The van der Waals surface area contributed by atoms with E-state index in [0.29, 0.717) is 11.6 Å². The summed E-state index contributed by atoms with van der Waals surface area (Å²) in [6.45, 7) is -0.284. The van der Waals surface area contributed by atoms with Crippen LogP contribution in [0.2, 0.25) is 0 Å². The minimum absolute atomic E-state index is 0.0521. The van der Waals surface area contributed by atoms with Gasteiger partial charge in [0.2, 0.25) is 0 Å². The highest BCUT2D eigenvalue weighted by molar-refractivity contribution is 6.01. The number of fused-ring (bicyclic) bond motifs is 1. The van der Waals surface area contributed by atoms with Crippen molar-refractivity contribution in [3.8, 4) is 5.75 Å². The molecule has 1 aromatic heterocycles. The molecule has 0 bridgehead atoms. The van der Waals surface area contributed by atoms with Crippen molar-refractivity contribution in [2.45, 2.75) is 12.8 Å². The molecule has 0 fully saturated rings. The van der Waals surface area contributed by atoms with E-state index in [1.54, 1.807) is 0 Å². The van der Waals surface area contributed by atoms with Gasteiger partial charge in [0.05, 0.1) is 31.0 Å². The average Bonchev–Trinajstić information content (AvgIpc) is 2.65. The molecule has 0 saturated carbocycles. The van der Waals surface area contributed by atoms with Gasteiger partial charge >= 0.3 is 6.36 Å². The van der Waals surface area contributed by atoms with Gasteiger partial charge < -0.3 is 15.2 Å². The van der Waals surface area contributed by atoms with E-state index >= 15 is 0 Å². The van der Waals surface area contributed by atoms with Crippen molar-refractivity contribution in [2.24, 2.45) is 7.05 Å². The number of carbonyl (C=O) groups is 1. The molecule has 2 heterocycles. The summed E-state index contributed by atoms with van der Waals surface area (Å²) in [5.41, 5.74) is -0.275. The summed E-state index contributed by atoms with van der Waals surface area (Å²) in [7, 11) is 1.35. The van der Waals surface area contributed by atoms with E-state index in [0.717, 1.165) is 21.8 Å². The summed E-state index contributed by atoms with van der Waals surface area (Å²) in [6.07, 6.45) is -4.70. The number of amides is 1. The minimum atomic E-state index is -4.98. The third-order valence-corrected chi connectivity index (χ3v) is 4.31. The number of aliphatic hydroxyl groups is 1. The van der Waals surface area contributed by atoms with Crippen LogP contribution in [0.4, 0.5) is 29.1 Å². The van der Waals surface area contributed by atoms with Crippen molar-refractivity contribution >= 4 is 17.4 Å². The maximum atomic E-state index is 14.4. The molecule has 2 N–H and O–H groups in total. The number of benzene rings is 1. The fourth-order valence-electron chi connectivity index (χ4n) is 2.97. The number of halogens is 4. The molecule has 162 valence electrons. The highest BCUT2D eigenvalue weighted by Gasteiger charge is 2.32. The molecule has 0 aliphatic carbocycles. The Morgan fingerprint density at radius 3 is 2.60 bits per heavy atom. The molecule has 0 radical (unpaired) electrons. The van der Waals surface area contributed by atoms with Gasteiger partial charge in [-0.05, 0) is 24.1 Å². The summed E-state index contributed by atoms with van der Waals surface area (Å²) < 4.78 is 56.0. The van der Waals surface area contributed by atoms with Crippen molar-refractivity contribution in [2.75, 3.05) is 25.1 Å². The lowest BCUT2D eigenvalue weighted by atomic mass is 10.0. The van der Waals surface area contributed by atoms with E-state index in [1.165, 1.54) is 13.1 Å². The number of aliphatic hydroxyl groups excluding tert-OH is 1. The lowest BCUT2D eigenvalue weighted by Gasteiger charge is -2.29. The highest BCUT2D eigenvalue weighted by Crippen LogP contribution is 2.31. The number of alkyl halides is 3. The van der Waals surface area contributed by atoms with E-state index in [4.69, 9.17) is 9.94 Å². The Labute approximate surface area is 167 Å². The molecular formula is C18H17F4N3O5. The Kier molecular flexibility index (Phi) is 5.99. The summed E-state index contributed by atoms with van der Waals surface area (Å²) in [5.74, 6) is -2.50. The summed E-state index contributed by atoms with van der Waals surface area (Å²) >= 11 is 0. The molecule has 0 atom stereocenters. The van der Waals surface area contributed by atoms with Crippen LogP contribution in [0.25, 0.3) is 0 Å². The first-order valence-electron chi connectivity index (χ1n) is 8.71. The molecule has 0 unspecified atom stereocenters. The standard InChI is InChI=1S/C18H17F4N3O5/c1-24-14(27)8-10-4-5-25(29-7-6-26)17(28)15(10)16(24)23-13-3-2-11(9-12(13)19)30-18(20,21)22/h2-3,8-9,23,26H,4-7H2,1H3. The first-order chi connectivity index (χ1) is 14.1. The Bertz CT molecular complexity index is 1020. The number of hydrogen-bond acceptors (Lipinski definition) is 6. The second kappa shape index (κ2) is 8.32. The third-order valence-electron chi connectivity index (χ3n) is 4.31. The first-order valence-corrected chi connectivity index (χ1v) is 8.71. The maximum Gasteiger partial charge on any atom is 0.573 e. The van der Waals surface area contributed by atoms with Crippen molar-refractivity contribution in [1.82, 2.24) is 9.63 Å². The number of pyridine rings is 1. The van der Waals surface area contributed by atoms with Gasteiger partial charge in [0.25, 0.3) is 11.5 Å². The number of nitrogens with zero attached hydrogens (tertiary/aromatic N) is 2. The van der Waals surface area contributed by atoms with Gasteiger partial charge in [0.1, 0.15) is 17.4 Å². The molecule has 1 aliphatic rings. The maximum absolute atomic E-state index is 14.4. The Hall–Kier alpha value is -3.12. The van der Waals surface area contributed by atoms with Crippen LogP contribution in [-0.2, 0) is 18.3 Å². The molecule has 2 aromatic rings. The number of aromatic nitrogens is 1. The molecule has 1 aromatic carbocycles. The van der Waals surface area contributed by atoms with Crippen LogP contribution in [0.3, 0.4) is 0 Å². The molecule has 1 aliphatic heterocycles. The number of anilines is 2. The Morgan fingerprint density at radius 2 is 1.97 bits per heavy atom. The SMILES string of the molecule is Cn1c(Nc2ccc(OC(F)(F)F)cc2F)c2c(cc1=O)CCN(OCCO)C2=O. The van der Waals surface area contributed by atoms with E-state index in [2.05, 4.69) is 10.1 Å². The zero-order chi connectivity index (χ0) is 22.1. The summed E-state index contributed by atoms with van der Waals surface area (Å²) in [5, 5.41) is 12.5. The van der Waals surface area contributed by atoms with Crippen molar-refractivity contribution < 1.29 is 37.0 Å². The molecule has 0 spiro atoms. The normalized spacial score (nSPS) is 13.9. The molecule has 30 heavy (non-hydrogen) atoms. The fraction of sp³-hybridized carbons (Fsp3) is 0.333. The zero-order valence-electron chi connectivity index (χ0n) is 15.6. The van der Waals surface area contributed by atoms with Crippen LogP contribution in [0.5, 0.6) is 5.75 Å². The molecule has 8 nitrogen and oxygen atoms in total. The van der Waals surface area contributed by atoms with E-state index < -0.39 is 29.4 Å². The quantitative estimate of drug-likeness (QED) is 0.681. The number of carbonyl (C=O) groups excluding carboxylic acids is 1. The average molecular weight is 431 g/mol. The molecular weight excluding hydrogens is 414 g/mol. The number of nitrogens with one attached hydrogen (secondary N) is 1. The summed E-state index contributed by atoms with van der Waals surface area (Å²) in [6, 6.07) is 3.69. The predicted molar refractivity (Wildman–Crippen MR) is 95.8 cm³/mol.